The lowest BCUT2D eigenvalue weighted by molar-refractivity contribution is -0.123. The van der Waals surface area contributed by atoms with Crippen molar-refractivity contribution in [2.24, 2.45) is 11.8 Å². The number of amides is 1. The van der Waals surface area contributed by atoms with E-state index in [2.05, 4.69) is 6.58 Å². The summed E-state index contributed by atoms with van der Waals surface area (Å²) in [4.78, 5) is 27.2. The molecule has 4 nitrogen and oxygen atoms in total. The molecule has 0 saturated heterocycles. The van der Waals surface area contributed by atoms with Crippen LogP contribution in [0.3, 0.4) is 0 Å². The molecular formula is C27H26ClF3N2O2. The Bertz CT molecular complexity index is 1290. The van der Waals surface area contributed by atoms with E-state index >= 15 is 0 Å². The van der Waals surface area contributed by atoms with E-state index in [0.717, 1.165) is 35.4 Å². The molecule has 1 heterocycles. The second-order valence-electron chi connectivity index (χ2n) is 9.26. The number of carbonyl (C=O) groups excluding carboxylic acids is 2. The summed E-state index contributed by atoms with van der Waals surface area (Å²) in [7, 11) is 0. The molecule has 2 aromatic carbocycles. The van der Waals surface area contributed by atoms with Crippen molar-refractivity contribution in [3.8, 4) is 0 Å². The highest BCUT2D eigenvalue weighted by atomic mass is 35.5. The van der Waals surface area contributed by atoms with Crippen LogP contribution in [0.4, 0.5) is 13.2 Å². The molecular weight excluding hydrogens is 477 g/mol. The van der Waals surface area contributed by atoms with Crippen LogP contribution in [0.1, 0.15) is 45.5 Å². The van der Waals surface area contributed by atoms with Gasteiger partial charge in [-0.3, -0.25) is 9.59 Å². The Labute approximate surface area is 206 Å². The Balaban J connectivity index is 1.47. The van der Waals surface area contributed by atoms with Crippen molar-refractivity contribution in [3.05, 3.63) is 80.8 Å². The van der Waals surface area contributed by atoms with Crippen LogP contribution in [0.2, 0.25) is 5.02 Å². The van der Waals surface area contributed by atoms with Crippen LogP contribution in [0.5, 0.6) is 0 Å². The molecule has 2 unspecified atom stereocenters. The summed E-state index contributed by atoms with van der Waals surface area (Å²) in [5.74, 6) is -0.375. The van der Waals surface area contributed by atoms with Crippen molar-refractivity contribution >= 4 is 35.6 Å². The minimum absolute atomic E-state index is 0.0397. The zero-order valence-electron chi connectivity index (χ0n) is 19.3. The molecule has 35 heavy (non-hydrogen) atoms. The highest BCUT2D eigenvalue weighted by molar-refractivity contribution is 6.30. The standard InChI is InChI=1S/C27H26ClF3N2O2/c1-16-9-21-10-17(2)33(14-22(21)12-24(16)26(35)32-15-27(29,30)31)13-18-3-4-20(11-18)25(34)19-5-7-23(28)8-6-19/h5-10,12,14,18,20H,2-4,11,13,15H2,1H3,(H,32,35). The molecule has 0 bridgehead atoms. The van der Waals surface area contributed by atoms with Crippen LogP contribution in [0.15, 0.2) is 48.7 Å². The van der Waals surface area contributed by atoms with E-state index in [4.69, 9.17) is 11.6 Å². The van der Waals surface area contributed by atoms with E-state index in [1.54, 1.807) is 43.3 Å². The van der Waals surface area contributed by atoms with Gasteiger partial charge in [-0.05, 0) is 84.5 Å². The lowest BCUT2D eigenvalue weighted by Gasteiger charge is -2.27. The lowest BCUT2D eigenvalue weighted by Crippen LogP contribution is -2.39. The summed E-state index contributed by atoms with van der Waals surface area (Å²) in [6.07, 6.45) is 1.81. The number of ketones is 1. The number of rotatable bonds is 6. The summed E-state index contributed by atoms with van der Waals surface area (Å²) in [6.45, 7) is 5.14. The number of allylic oxidation sites excluding steroid dienone is 1. The molecule has 2 aliphatic rings. The van der Waals surface area contributed by atoms with Gasteiger partial charge in [0.2, 0.25) is 0 Å². The topological polar surface area (TPSA) is 49.4 Å². The first-order chi connectivity index (χ1) is 16.5. The summed E-state index contributed by atoms with van der Waals surface area (Å²) in [5.41, 5.74) is 2.26. The zero-order chi connectivity index (χ0) is 25.3. The first-order valence-electron chi connectivity index (χ1n) is 11.4. The number of benzene rings is 2. The Morgan fingerprint density at radius 2 is 1.86 bits per heavy atom. The summed E-state index contributed by atoms with van der Waals surface area (Å²) in [6, 6.07) is 10.4. The quantitative estimate of drug-likeness (QED) is 0.588. The fourth-order valence-corrected chi connectivity index (χ4v) is 4.92. The second-order valence-corrected chi connectivity index (χ2v) is 9.69. The number of halogens is 4. The van der Waals surface area contributed by atoms with Gasteiger partial charge in [-0.25, -0.2) is 0 Å². The van der Waals surface area contributed by atoms with Crippen LogP contribution >= 0.6 is 11.6 Å². The monoisotopic (exact) mass is 502 g/mol. The second kappa shape index (κ2) is 9.90. The maximum Gasteiger partial charge on any atom is 0.405 e. The Morgan fingerprint density at radius 1 is 1.14 bits per heavy atom. The van der Waals surface area contributed by atoms with Crippen molar-refractivity contribution < 1.29 is 22.8 Å². The van der Waals surface area contributed by atoms with Crippen LogP contribution in [-0.4, -0.2) is 35.9 Å². The number of carbonyl (C=O) groups is 2. The fraction of sp³-hybridized carbons (Fsp3) is 0.333. The van der Waals surface area contributed by atoms with E-state index in [1.165, 1.54) is 0 Å². The highest BCUT2D eigenvalue weighted by Crippen LogP contribution is 2.34. The van der Waals surface area contributed by atoms with Gasteiger partial charge >= 0.3 is 6.18 Å². The third kappa shape index (κ3) is 5.96. The molecule has 1 amide bonds. The minimum atomic E-state index is -4.47. The molecule has 1 fully saturated rings. The Hall–Kier alpha value is -3.06. The number of hydrogen-bond acceptors (Lipinski definition) is 3. The highest BCUT2D eigenvalue weighted by Gasteiger charge is 2.32. The van der Waals surface area contributed by atoms with Gasteiger partial charge in [-0.15, -0.1) is 0 Å². The van der Waals surface area contributed by atoms with Crippen LogP contribution in [0, 0.1) is 18.8 Å². The summed E-state index contributed by atoms with van der Waals surface area (Å²) < 4.78 is 37.5. The first-order valence-corrected chi connectivity index (χ1v) is 11.8. The Kier molecular flexibility index (Phi) is 7.08. The SMILES string of the molecule is C=C1C=c2cc(C)c(C(=O)NCC(F)(F)F)cc2=CN1CC1CCC(C(=O)c2ccc(Cl)cc2)C1. The third-order valence-electron chi connectivity index (χ3n) is 6.61. The normalized spacial score (nSPS) is 19.6. The van der Waals surface area contributed by atoms with Gasteiger partial charge in [-0.1, -0.05) is 24.2 Å². The van der Waals surface area contributed by atoms with Crippen molar-refractivity contribution in [2.75, 3.05) is 13.1 Å². The summed E-state index contributed by atoms with van der Waals surface area (Å²) in [5, 5.41) is 4.14. The number of Topliss-reactive ketones (excluding diaryl/α,β-unsaturated/α-hetero) is 1. The predicted octanol–water partition coefficient (Wildman–Crippen LogP) is 4.59. The van der Waals surface area contributed by atoms with Gasteiger partial charge < -0.3 is 10.2 Å². The number of alkyl halides is 3. The number of nitrogens with one attached hydrogen (secondary N) is 1. The third-order valence-corrected chi connectivity index (χ3v) is 6.86. The summed E-state index contributed by atoms with van der Waals surface area (Å²) >= 11 is 5.93. The molecule has 2 aromatic rings. The van der Waals surface area contributed by atoms with E-state index in [-0.39, 0.29) is 17.3 Å². The van der Waals surface area contributed by atoms with Gasteiger partial charge in [0.25, 0.3) is 5.91 Å². The molecule has 1 aliphatic heterocycles. The molecule has 0 aromatic heterocycles. The molecule has 2 atom stereocenters. The number of aryl methyl sites for hydroxylation is 1. The van der Waals surface area contributed by atoms with Crippen LogP contribution < -0.4 is 15.8 Å². The average molecular weight is 503 g/mol. The van der Waals surface area contributed by atoms with Gasteiger partial charge in [0.05, 0.1) is 0 Å². The smallest absolute Gasteiger partial charge is 0.348 e. The van der Waals surface area contributed by atoms with E-state index in [9.17, 15) is 22.8 Å². The fourth-order valence-electron chi connectivity index (χ4n) is 4.79. The van der Waals surface area contributed by atoms with Gasteiger partial charge in [0.15, 0.2) is 5.78 Å². The van der Waals surface area contributed by atoms with Crippen LogP contribution in [-0.2, 0) is 0 Å². The molecule has 1 aliphatic carbocycles. The van der Waals surface area contributed by atoms with Crippen molar-refractivity contribution in [1.29, 1.82) is 0 Å². The lowest BCUT2D eigenvalue weighted by atomic mass is 9.95. The molecule has 0 spiro atoms. The molecule has 184 valence electrons. The van der Waals surface area contributed by atoms with E-state index in [0.29, 0.717) is 28.6 Å². The van der Waals surface area contributed by atoms with Crippen molar-refractivity contribution in [1.82, 2.24) is 10.2 Å². The molecule has 4 rings (SSSR count). The van der Waals surface area contributed by atoms with Gasteiger partial charge in [0, 0.05) is 40.5 Å². The predicted molar refractivity (Wildman–Crippen MR) is 130 cm³/mol. The van der Waals surface area contributed by atoms with Gasteiger partial charge in [-0.2, -0.15) is 13.2 Å². The maximum atomic E-state index is 12.9. The van der Waals surface area contributed by atoms with E-state index in [1.807, 2.05) is 22.5 Å². The van der Waals surface area contributed by atoms with Crippen molar-refractivity contribution in [3.63, 3.8) is 0 Å². The number of hydrogen-bond donors (Lipinski definition) is 1. The van der Waals surface area contributed by atoms with Crippen LogP contribution in [0.25, 0.3) is 12.3 Å². The molecule has 1 N–H and O–H groups in total. The molecule has 0 radical (unpaired) electrons. The first kappa shape index (κ1) is 25.0. The number of fused-ring (bicyclic) bond motifs is 1. The zero-order valence-corrected chi connectivity index (χ0v) is 20.0. The molecule has 1 saturated carbocycles. The van der Waals surface area contributed by atoms with Gasteiger partial charge in [0.1, 0.15) is 6.54 Å². The maximum absolute atomic E-state index is 12.9. The Morgan fingerprint density at radius 3 is 2.54 bits per heavy atom. The van der Waals surface area contributed by atoms with Crippen molar-refractivity contribution in [2.45, 2.75) is 32.4 Å². The number of nitrogens with zero attached hydrogens (tertiary/aromatic N) is 1. The molecule has 8 heteroatoms. The van der Waals surface area contributed by atoms with E-state index < -0.39 is 18.6 Å². The minimum Gasteiger partial charge on any atom is -0.348 e. The largest absolute Gasteiger partial charge is 0.405 e. The average Bonchev–Trinajstić information content (AvgIpc) is 3.26.